The second kappa shape index (κ2) is 6.00. The third-order valence-corrected chi connectivity index (χ3v) is 3.51. The lowest BCUT2D eigenvalue weighted by atomic mass is 10.1. The molecule has 1 unspecified atom stereocenters. The number of carbonyl (C=O) groups is 2. The number of nitrogens with one attached hydrogen (secondary N) is 1. The maximum atomic E-state index is 12.4. The van der Waals surface area contributed by atoms with E-state index in [9.17, 15) is 9.59 Å². The number of rotatable bonds is 5. The van der Waals surface area contributed by atoms with Gasteiger partial charge in [0.1, 0.15) is 11.3 Å². The normalized spacial score (nSPS) is 12.2. The van der Waals surface area contributed by atoms with Crippen molar-refractivity contribution in [2.24, 2.45) is 7.05 Å². The van der Waals surface area contributed by atoms with E-state index in [1.807, 2.05) is 27.0 Å². The van der Waals surface area contributed by atoms with Crippen LogP contribution in [0.1, 0.15) is 52.0 Å². The first-order valence-electron chi connectivity index (χ1n) is 6.95. The summed E-state index contributed by atoms with van der Waals surface area (Å²) in [5.74, 6) is -1.66. The Labute approximate surface area is 127 Å². The zero-order chi connectivity index (χ0) is 16.4. The summed E-state index contributed by atoms with van der Waals surface area (Å²) in [6, 6.07) is -0.288. The summed E-state index contributed by atoms with van der Waals surface area (Å²) in [6.45, 7) is 6.43. The molecule has 2 aromatic rings. The lowest BCUT2D eigenvalue weighted by Gasteiger charge is -2.13. The van der Waals surface area contributed by atoms with Gasteiger partial charge >= 0.3 is 5.97 Å². The van der Waals surface area contributed by atoms with E-state index in [2.05, 4.69) is 15.5 Å². The number of nitrogens with zero attached hydrogens (tertiary/aromatic N) is 4. The first-order chi connectivity index (χ1) is 10.3. The molecule has 1 atom stereocenters. The van der Waals surface area contributed by atoms with Crippen molar-refractivity contribution >= 4 is 11.9 Å². The molecule has 8 nitrogen and oxygen atoms in total. The predicted molar refractivity (Wildman–Crippen MR) is 78.7 cm³/mol. The molecule has 8 heteroatoms. The molecule has 118 valence electrons. The molecular weight excluding hydrogens is 286 g/mol. The van der Waals surface area contributed by atoms with Crippen molar-refractivity contribution in [2.75, 3.05) is 0 Å². The molecular formula is C14H19N5O3. The van der Waals surface area contributed by atoms with Crippen molar-refractivity contribution in [3.63, 3.8) is 0 Å². The molecule has 0 aliphatic heterocycles. The van der Waals surface area contributed by atoms with Crippen molar-refractivity contribution in [1.82, 2.24) is 24.9 Å². The van der Waals surface area contributed by atoms with E-state index in [1.54, 1.807) is 4.68 Å². The number of aromatic carboxylic acids is 1. The number of amides is 1. The van der Waals surface area contributed by atoms with Gasteiger partial charge in [0.15, 0.2) is 0 Å². The predicted octanol–water partition coefficient (Wildman–Crippen LogP) is 1.13. The topological polar surface area (TPSA) is 102 Å². The van der Waals surface area contributed by atoms with Crippen LogP contribution in [0.3, 0.4) is 0 Å². The first kappa shape index (κ1) is 15.7. The van der Waals surface area contributed by atoms with Crippen LogP contribution in [0.15, 0.2) is 12.4 Å². The minimum Gasteiger partial charge on any atom is -0.478 e. The average molecular weight is 305 g/mol. The van der Waals surface area contributed by atoms with Crippen molar-refractivity contribution in [3.05, 3.63) is 34.9 Å². The lowest BCUT2D eigenvalue weighted by Crippen LogP contribution is -2.30. The zero-order valence-electron chi connectivity index (χ0n) is 13.0. The Morgan fingerprint density at radius 3 is 2.68 bits per heavy atom. The second-order valence-electron chi connectivity index (χ2n) is 5.06. The molecule has 0 aliphatic rings. The Kier molecular flexibility index (Phi) is 4.30. The molecule has 0 bridgehead atoms. The van der Waals surface area contributed by atoms with Crippen LogP contribution in [-0.2, 0) is 13.6 Å². The number of hydrogen-bond donors (Lipinski definition) is 2. The quantitative estimate of drug-likeness (QED) is 0.862. The fraction of sp³-hybridized carbons (Fsp3) is 0.429. The highest BCUT2D eigenvalue weighted by Gasteiger charge is 2.24. The molecule has 2 aromatic heterocycles. The van der Waals surface area contributed by atoms with Gasteiger partial charge in [0.2, 0.25) is 0 Å². The van der Waals surface area contributed by atoms with Gasteiger partial charge in [0.05, 0.1) is 17.9 Å². The second-order valence-corrected chi connectivity index (χ2v) is 5.06. The molecule has 0 aromatic carbocycles. The van der Waals surface area contributed by atoms with Crippen LogP contribution in [0.2, 0.25) is 0 Å². The van der Waals surface area contributed by atoms with Gasteiger partial charge in [0, 0.05) is 25.4 Å². The van der Waals surface area contributed by atoms with E-state index in [-0.39, 0.29) is 17.3 Å². The Bertz CT molecular complexity index is 716. The number of carboxylic acid groups (broad SMARTS) is 1. The molecule has 2 heterocycles. The highest BCUT2D eigenvalue weighted by Crippen LogP contribution is 2.17. The van der Waals surface area contributed by atoms with E-state index < -0.39 is 11.9 Å². The third-order valence-electron chi connectivity index (χ3n) is 3.51. The summed E-state index contributed by atoms with van der Waals surface area (Å²) in [4.78, 5) is 23.5. The molecule has 2 N–H and O–H groups in total. The lowest BCUT2D eigenvalue weighted by molar-refractivity contribution is 0.0690. The Balaban J connectivity index is 2.23. The molecule has 1 amide bonds. The monoisotopic (exact) mass is 305 g/mol. The minimum atomic E-state index is -1.18. The van der Waals surface area contributed by atoms with Gasteiger partial charge < -0.3 is 10.4 Å². The molecule has 22 heavy (non-hydrogen) atoms. The molecule has 0 aliphatic carbocycles. The SMILES string of the molecule is CCn1cc(C(C)NC(=O)c2c(C(=O)O)cnn2C)c(C)n1. The van der Waals surface area contributed by atoms with Crippen molar-refractivity contribution in [2.45, 2.75) is 33.4 Å². The summed E-state index contributed by atoms with van der Waals surface area (Å²) in [5, 5.41) is 20.1. The molecule has 0 saturated carbocycles. The summed E-state index contributed by atoms with van der Waals surface area (Å²) < 4.78 is 3.05. The standard InChI is InChI=1S/C14H19N5O3/c1-5-19-7-11(9(3)17-19)8(2)16-13(20)12-10(14(21)22)6-15-18(12)4/h6-8H,5H2,1-4H3,(H,16,20)(H,21,22). The van der Waals surface area contributed by atoms with Crippen molar-refractivity contribution in [1.29, 1.82) is 0 Å². The van der Waals surface area contributed by atoms with Gasteiger partial charge in [-0.3, -0.25) is 14.2 Å². The summed E-state index contributed by atoms with van der Waals surface area (Å²) >= 11 is 0. The molecule has 0 fully saturated rings. The van der Waals surface area contributed by atoms with Gasteiger partial charge in [-0.05, 0) is 20.8 Å². The third kappa shape index (κ3) is 2.85. The fourth-order valence-electron chi connectivity index (χ4n) is 2.33. The molecule has 2 rings (SSSR count). The van der Waals surface area contributed by atoms with Gasteiger partial charge in [0.25, 0.3) is 5.91 Å². The summed E-state index contributed by atoms with van der Waals surface area (Å²) in [5.41, 5.74) is 1.64. The molecule has 0 saturated heterocycles. The van der Waals surface area contributed by atoms with E-state index in [1.165, 1.54) is 17.9 Å². The van der Waals surface area contributed by atoms with E-state index >= 15 is 0 Å². The largest absolute Gasteiger partial charge is 0.478 e. The van der Waals surface area contributed by atoms with Crippen LogP contribution in [0.25, 0.3) is 0 Å². The minimum absolute atomic E-state index is 0.0277. The van der Waals surface area contributed by atoms with Crippen molar-refractivity contribution in [3.8, 4) is 0 Å². The molecule has 0 radical (unpaired) electrons. The highest BCUT2D eigenvalue weighted by atomic mass is 16.4. The van der Waals surface area contributed by atoms with Gasteiger partial charge in [-0.1, -0.05) is 0 Å². The maximum absolute atomic E-state index is 12.4. The van der Waals surface area contributed by atoms with E-state index in [0.717, 1.165) is 17.8 Å². The van der Waals surface area contributed by atoms with Crippen LogP contribution < -0.4 is 5.32 Å². The van der Waals surface area contributed by atoms with Gasteiger partial charge in [-0.25, -0.2) is 4.79 Å². The number of carboxylic acids is 1. The number of aromatic nitrogens is 4. The Morgan fingerprint density at radius 2 is 2.14 bits per heavy atom. The summed E-state index contributed by atoms with van der Waals surface area (Å²) in [7, 11) is 1.53. The Hall–Kier alpha value is -2.64. The van der Waals surface area contributed by atoms with Gasteiger partial charge in [-0.2, -0.15) is 10.2 Å². The van der Waals surface area contributed by atoms with Crippen LogP contribution in [-0.4, -0.2) is 36.5 Å². The number of hydrogen-bond acceptors (Lipinski definition) is 4. The highest BCUT2D eigenvalue weighted by molar-refractivity contribution is 6.03. The Morgan fingerprint density at radius 1 is 1.45 bits per heavy atom. The fourth-order valence-corrected chi connectivity index (χ4v) is 2.33. The summed E-state index contributed by atoms with van der Waals surface area (Å²) in [6.07, 6.45) is 3.05. The van der Waals surface area contributed by atoms with Crippen LogP contribution >= 0.6 is 0 Å². The first-order valence-corrected chi connectivity index (χ1v) is 6.95. The number of carbonyl (C=O) groups excluding carboxylic acids is 1. The zero-order valence-corrected chi connectivity index (χ0v) is 13.0. The van der Waals surface area contributed by atoms with E-state index in [0.29, 0.717) is 0 Å². The van der Waals surface area contributed by atoms with Crippen molar-refractivity contribution < 1.29 is 14.7 Å². The van der Waals surface area contributed by atoms with Crippen LogP contribution in [0.5, 0.6) is 0 Å². The van der Waals surface area contributed by atoms with E-state index in [4.69, 9.17) is 5.11 Å². The number of aryl methyl sites for hydroxylation is 3. The maximum Gasteiger partial charge on any atom is 0.339 e. The molecule has 0 spiro atoms. The smallest absolute Gasteiger partial charge is 0.339 e. The van der Waals surface area contributed by atoms with Crippen LogP contribution in [0.4, 0.5) is 0 Å². The average Bonchev–Trinajstić information content (AvgIpc) is 3.01. The van der Waals surface area contributed by atoms with Gasteiger partial charge in [-0.15, -0.1) is 0 Å². The van der Waals surface area contributed by atoms with Crippen LogP contribution in [0, 0.1) is 6.92 Å².